The van der Waals surface area contributed by atoms with E-state index in [1.165, 1.54) is 51.5 Å². The van der Waals surface area contributed by atoms with E-state index in [0.29, 0.717) is 19.0 Å². The average molecular weight is 493 g/mol. The number of nitrogens with one attached hydrogen (secondary N) is 3. The molecule has 6 nitrogen and oxygen atoms in total. The van der Waals surface area contributed by atoms with Gasteiger partial charge in [0.15, 0.2) is 5.96 Å². The van der Waals surface area contributed by atoms with Crippen LogP contribution in [0.25, 0.3) is 0 Å². The van der Waals surface area contributed by atoms with Crippen molar-refractivity contribution in [2.75, 3.05) is 33.2 Å². The van der Waals surface area contributed by atoms with Crippen LogP contribution in [0.5, 0.6) is 0 Å². The zero-order chi connectivity index (χ0) is 18.6. The summed E-state index contributed by atoms with van der Waals surface area (Å²) >= 11 is 0. The Morgan fingerprint density at radius 1 is 1.04 bits per heavy atom. The van der Waals surface area contributed by atoms with Crippen molar-refractivity contribution >= 4 is 35.8 Å². The first-order chi connectivity index (χ1) is 12.7. The van der Waals surface area contributed by atoms with Gasteiger partial charge in [0.05, 0.1) is 0 Å². The van der Waals surface area contributed by atoms with Crippen LogP contribution in [-0.2, 0) is 4.79 Å². The van der Waals surface area contributed by atoms with Crippen LogP contribution in [0.4, 0.5) is 0 Å². The Balaban J connectivity index is 0.00000364. The molecule has 7 heteroatoms. The van der Waals surface area contributed by atoms with Crippen LogP contribution in [0, 0.1) is 0 Å². The highest BCUT2D eigenvalue weighted by molar-refractivity contribution is 14.0. The molecule has 0 aromatic rings. The third-order valence-electron chi connectivity index (χ3n) is 5.75. The molecule has 2 aliphatic rings. The second kappa shape index (κ2) is 14.4. The number of carbonyl (C=O) groups is 1. The second-order valence-corrected chi connectivity index (χ2v) is 7.67. The van der Waals surface area contributed by atoms with Gasteiger partial charge >= 0.3 is 0 Å². The van der Waals surface area contributed by atoms with Crippen molar-refractivity contribution in [1.82, 2.24) is 20.9 Å². The van der Waals surface area contributed by atoms with Gasteiger partial charge in [-0.25, -0.2) is 0 Å². The van der Waals surface area contributed by atoms with E-state index < -0.39 is 0 Å². The predicted molar refractivity (Wildman–Crippen MR) is 124 cm³/mol. The Morgan fingerprint density at radius 3 is 2.44 bits per heavy atom. The van der Waals surface area contributed by atoms with Crippen molar-refractivity contribution in [2.45, 2.75) is 83.2 Å². The van der Waals surface area contributed by atoms with E-state index in [9.17, 15) is 4.79 Å². The van der Waals surface area contributed by atoms with E-state index in [0.717, 1.165) is 37.9 Å². The van der Waals surface area contributed by atoms with Crippen molar-refractivity contribution in [1.29, 1.82) is 0 Å². The number of halogens is 1. The number of nitrogens with zero attached hydrogens (tertiary/aromatic N) is 2. The lowest BCUT2D eigenvalue weighted by Gasteiger charge is -2.35. The molecule has 1 saturated heterocycles. The molecular formula is C20H40IN5O. The van der Waals surface area contributed by atoms with Gasteiger partial charge in [-0.3, -0.25) is 14.7 Å². The molecule has 2 fully saturated rings. The Morgan fingerprint density at radius 2 is 1.74 bits per heavy atom. The molecule has 1 amide bonds. The van der Waals surface area contributed by atoms with Crippen LogP contribution < -0.4 is 16.0 Å². The minimum Gasteiger partial charge on any atom is -0.356 e. The van der Waals surface area contributed by atoms with Gasteiger partial charge < -0.3 is 16.0 Å². The van der Waals surface area contributed by atoms with E-state index in [4.69, 9.17) is 0 Å². The summed E-state index contributed by atoms with van der Waals surface area (Å²) in [6, 6.07) is 1.13. The summed E-state index contributed by atoms with van der Waals surface area (Å²) in [6.07, 6.45) is 11.8. The first kappa shape index (κ1) is 24.5. The zero-order valence-corrected chi connectivity index (χ0v) is 19.6. The number of amides is 1. The molecule has 1 aliphatic heterocycles. The number of carbonyl (C=O) groups excluding carboxylic acids is 1. The quantitative estimate of drug-likeness (QED) is 0.277. The number of aliphatic imine (C=N–C) groups is 1. The lowest BCUT2D eigenvalue weighted by atomic mass is 9.95. The first-order valence-electron chi connectivity index (χ1n) is 10.7. The maximum atomic E-state index is 12.1. The number of likely N-dealkylation sites (tertiary alicyclic amines) is 1. The summed E-state index contributed by atoms with van der Waals surface area (Å²) in [6.45, 7) is 6.08. The maximum Gasteiger partial charge on any atom is 0.221 e. The van der Waals surface area contributed by atoms with Crippen LogP contribution in [0.2, 0.25) is 0 Å². The van der Waals surface area contributed by atoms with Gasteiger partial charge in [-0.15, -0.1) is 24.0 Å². The monoisotopic (exact) mass is 493 g/mol. The number of rotatable bonds is 8. The summed E-state index contributed by atoms with van der Waals surface area (Å²) in [5.41, 5.74) is 0. The normalized spacial score (nSPS) is 22.0. The van der Waals surface area contributed by atoms with E-state index in [2.05, 4.69) is 32.8 Å². The van der Waals surface area contributed by atoms with E-state index in [1.54, 1.807) is 7.05 Å². The van der Waals surface area contributed by atoms with Gasteiger partial charge in [0, 0.05) is 45.2 Å². The molecule has 1 aliphatic carbocycles. The van der Waals surface area contributed by atoms with Gasteiger partial charge in [-0.05, 0) is 38.6 Å². The fraction of sp³-hybridized carbons (Fsp3) is 0.900. The van der Waals surface area contributed by atoms with Crippen molar-refractivity contribution < 1.29 is 4.79 Å². The van der Waals surface area contributed by atoms with Crippen molar-refractivity contribution in [2.24, 2.45) is 4.99 Å². The predicted octanol–water partition coefficient (Wildman–Crippen LogP) is 2.87. The maximum absolute atomic E-state index is 12.1. The molecule has 2 rings (SSSR count). The number of piperidine rings is 1. The molecule has 158 valence electrons. The molecule has 0 spiro atoms. The summed E-state index contributed by atoms with van der Waals surface area (Å²) in [7, 11) is 1.78. The van der Waals surface area contributed by atoms with Gasteiger partial charge in [0.1, 0.15) is 0 Å². The van der Waals surface area contributed by atoms with Crippen molar-refractivity contribution in [3.05, 3.63) is 0 Å². The number of guanidine groups is 1. The topological polar surface area (TPSA) is 68.8 Å². The molecule has 0 bridgehead atoms. The number of hydrogen-bond acceptors (Lipinski definition) is 3. The van der Waals surface area contributed by atoms with Crippen LogP contribution in [-0.4, -0.2) is 62.1 Å². The molecule has 1 atom stereocenters. The standard InChI is InChI=1S/C20H39N5O.HI/c1-3-18-11-7-8-15-25(18)16-14-23-20(21-2)22-13-12-19(26)24-17-9-5-4-6-10-17;/h17-18H,3-16H2,1-2H3,(H,24,26)(H2,21,22,23);1H. The third kappa shape index (κ3) is 9.45. The van der Waals surface area contributed by atoms with Gasteiger partial charge in [-0.2, -0.15) is 0 Å². The van der Waals surface area contributed by atoms with Crippen molar-refractivity contribution in [3.8, 4) is 0 Å². The highest BCUT2D eigenvalue weighted by atomic mass is 127. The van der Waals surface area contributed by atoms with Gasteiger partial charge in [0.2, 0.25) is 5.91 Å². The van der Waals surface area contributed by atoms with Gasteiger partial charge in [0.25, 0.3) is 0 Å². The van der Waals surface area contributed by atoms with Crippen LogP contribution in [0.3, 0.4) is 0 Å². The molecule has 0 aromatic heterocycles. The Kier molecular flexibility index (Phi) is 13.1. The minimum atomic E-state index is 0. The van der Waals surface area contributed by atoms with Gasteiger partial charge in [-0.1, -0.05) is 32.6 Å². The Labute approximate surface area is 182 Å². The van der Waals surface area contributed by atoms with Crippen molar-refractivity contribution in [3.63, 3.8) is 0 Å². The zero-order valence-electron chi connectivity index (χ0n) is 17.3. The molecule has 0 radical (unpaired) electrons. The van der Waals surface area contributed by atoms with E-state index in [1.807, 2.05) is 0 Å². The van der Waals surface area contributed by atoms with E-state index in [-0.39, 0.29) is 29.9 Å². The molecule has 1 heterocycles. The Bertz CT molecular complexity index is 440. The largest absolute Gasteiger partial charge is 0.356 e. The highest BCUT2D eigenvalue weighted by Gasteiger charge is 2.20. The fourth-order valence-electron chi connectivity index (χ4n) is 4.20. The fourth-order valence-corrected chi connectivity index (χ4v) is 4.20. The van der Waals surface area contributed by atoms with Crippen LogP contribution in [0.15, 0.2) is 4.99 Å². The second-order valence-electron chi connectivity index (χ2n) is 7.67. The number of hydrogen-bond donors (Lipinski definition) is 3. The van der Waals surface area contributed by atoms with Crippen LogP contribution in [0.1, 0.15) is 71.1 Å². The summed E-state index contributed by atoms with van der Waals surface area (Å²) in [5.74, 6) is 0.944. The molecule has 3 N–H and O–H groups in total. The summed E-state index contributed by atoms with van der Waals surface area (Å²) in [5, 5.41) is 9.80. The van der Waals surface area contributed by atoms with Crippen LogP contribution >= 0.6 is 24.0 Å². The smallest absolute Gasteiger partial charge is 0.221 e. The molecule has 27 heavy (non-hydrogen) atoms. The Hall–Kier alpha value is -0.570. The minimum absolute atomic E-state index is 0. The first-order valence-corrected chi connectivity index (χ1v) is 10.7. The lowest BCUT2D eigenvalue weighted by Crippen LogP contribution is -2.46. The molecular weight excluding hydrogens is 453 g/mol. The summed E-state index contributed by atoms with van der Waals surface area (Å²) < 4.78 is 0. The summed E-state index contributed by atoms with van der Waals surface area (Å²) in [4.78, 5) is 18.9. The lowest BCUT2D eigenvalue weighted by molar-refractivity contribution is -0.121. The average Bonchev–Trinajstić information content (AvgIpc) is 2.68. The highest BCUT2D eigenvalue weighted by Crippen LogP contribution is 2.18. The SMILES string of the molecule is CCC1CCCCN1CCNC(=NC)NCCC(=O)NC1CCCCC1.I. The van der Waals surface area contributed by atoms with E-state index >= 15 is 0 Å². The molecule has 1 unspecified atom stereocenters. The molecule has 1 saturated carbocycles. The molecule has 0 aromatic carbocycles. The third-order valence-corrected chi connectivity index (χ3v) is 5.75.